The number of amides is 1. The van der Waals surface area contributed by atoms with Gasteiger partial charge in [0.15, 0.2) is 0 Å². The van der Waals surface area contributed by atoms with E-state index in [-0.39, 0.29) is 12.2 Å². The summed E-state index contributed by atoms with van der Waals surface area (Å²) in [5, 5.41) is 0. The van der Waals surface area contributed by atoms with E-state index >= 15 is 0 Å². The highest BCUT2D eigenvalue weighted by Gasteiger charge is 2.32. The van der Waals surface area contributed by atoms with E-state index in [0.29, 0.717) is 38.3 Å². The van der Waals surface area contributed by atoms with Crippen LogP contribution in [0.25, 0.3) is 0 Å². The Bertz CT molecular complexity index is 473. The second-order valence-corrected chi connectivity index (χ2v) is 4.72. The van der Waals surface area contributed by atoms with Gasteiger partial charge >= 0.3 is 6.09 Å². The number of cyclic esters (lactones) is 1. The minimum absolute atomic E-state index is 0.234. The highest BCUT2D eigenvalue weighted by molar-refractivity contribution is 5.89. The molecule has 1 saturated heterocycles. The Kier molecular flexibility index (Phi) is 5.57. The highest BCUT2D eigenvalue weighted by atomic mass is 16.6. The fourth-order valence-corrected chi connectivity index (χ4v) is 2.08. The number of unbranched alkanes of at least 4 members (excludes halogenated alkanes) is 1. The summed E-state index contributed by atoms with van der Waals surface area (Å²) in [6.07, 6.45) is 1.47. The first kappa shape index (κ1) is 15.3. The molecule has 0 aromatic heterocycles. The van der Waals surface area contributed by atoms with Crippen LogP contribution < -0.4 is 9.64 Å². The van der Waals surface area contributed by atoms with Crippen molar-refractivity contribution in [3.05, 3.63) is 24.3 Å². The lowest BCUT2D eigenvalue weighted by Crippen LogP contribution is -2.25. The standard InChI is InChI=1S/C15H19NO5/c1-19-11-14-10-16(15(18)21-14)12-4-6-13(7-5-12)20-9-3-2-8-17/h4-8,14H,2-3,9-11H2,1H3. The van der Waals surface area contributed by atoms with E-state index in [1.165, 1.54) is 0 Å². The van der Waals surface area contributed by atoms with Crippen LogP contribution in [-0.4, -0.2) is 45.4 Å². The summed E-state index contributed by atoms with van der Waals surface area (Å²) in [5.74, 6) is 0.714. The van der Waals surface area contributed by atoms with Crippen molar-refractivity contribution in [2.45, 2.75) is 18.9 Å². The quantitative estimate of drug-likeness (QED) is 0.542. The van der Waals surface area contributed by atoms with Crippen LogP contribution in [0.3, 0.4) is 0 Å². The predicted molar refractivity (Wildman–Crippen MR) is 76.7 cm³/mol. The predicted octanol–water partition coefficient (Wildman–Crippen LogP) is 2.02. The van der Waals surface area contributed by atoms with Gasteiger partial charge in [-0.05, 0) is 30.7 Å². The van der Waals surface area contributed by atoms with Gasteiger partial charge in [-0.2, -0.15) is 0 Å². The van der Waals surface area contributed by atoms with Crippen LogP contribution in [0.15, 0.2) is 24.3 Å². The first-order valence-corrected chi connectivity index (χ1v) is 6.88. The van der Waals surface area contributed by atoms with E-state index in [9.17, 15) is 9.59 Å². The highest BCUT2D eigenvalue weighted by Crippen LogP contribution is 2.24. The number of benzene rings is 1. The van der Waals surface area contributed by atoms with Gasteiger partial charge in [0.05, 0.1) is 19.8 Å². The van der Waals surface area contributed by atoms with Crippen LogP contribution in [0.4, 0.5) is 10.5 Å². The maximum absolute atomic E-state index is 11.8. The van der Waals surface area contributed by atoms with Crippen molar-refractivity contribution in [3.8, 4) is 5.75 Å². The number of ether oxygens (including phenoxy) is 3. The van der Waals surface area contributed by atoms with Crippen LogP contribution in [0.1, 0.15) is 12.8 Å². The third kappa shape index (κ3) is 4.19. The number of methoxy groups -OCH3 is 1. The van der Waals surface area contributed by atoms with Crippen molar-refractivity contribution >= 4 is 18.1 Å². The molecule has 0 bridgehead atoms. The lowest BCUT2D eigenvalue weighted by molar-refractivity contribution is -0.108. The average molecular weight is 293 g/mol. The van der Waals surface area contributed by atoms with E-state index in [0.717, 1.165) is 12.0 Å². The summed E-state index contributed by atoms with van der Waals surface area (Å²) in [6, 6.07) is 7.22. The van der Waals surface area contributed by atoms with Gasteiger partial charge in [0.1, 0.15) is 18.1 Å². The third-order valence-corrected chi connectivity index (χ3v) is 3.11. The molecule has 1 unspecified atom stereocenters. The van der Waals surface area contributed by atoms with Crippen molar-refractivity contribution in [2.24, 2.45) is 0 Å². The van der Waals surface area contributed by atoms with E-state index in [2.05, 4.69) is 0 Å². The first-order chi connectivity index (χ1) is 10.2. The molecule has 21 heavy (non-hydrogen) atoms. The largest absolute Gasteiger partial charge is 0.494 e. The fraction of sp³-hybridized carbons (Fsp3) is 0.467. The molecular weight excluding hydrogens is 274 g/mol. The number of nitrogens with zero attached hydrogens (tertiary/aromatic N) is 1. The van der Waals surface area contributed by atoms with Crippen LogP contribution in [0, 0.1) is 0 Å². The van der Waals surface area contributed by atoms with Gasteiger partial charge in [-0.15, -0.1) is 0 Å². The molecule has 0 saturated carbocycles. The summed E-state index contributed by atoms with van der Waals surface area (Å²) in [6.45, 7) is 1.37. The number of aldehydes is 1. The molecule has 1 aliphatic rings. The Balaban J connectivity index is 1.89. The molecule has 1 atom stereocenters. The summed E-state index contributed by atoms with van der Waals surface area (Å²) in [7, 11) is 1.58. The maximum atomic E-state index is 11.8. The Morgan fingerprint density at radius 1 is 1.38 bits per heavy atom. The Hall–Kier alpha value is -2.08. The zero-order valence-electron chi connectivity index (χ0n) is 12.0. The molecule has 1 fully saturated rings. The van der Waals surface area contributed by atoms with E-state index in [4.69, 9.17) is 14.2 Å². The molecule has 0 radical (unpaired) electrons. The van der Waals surface area contributed by atoms with E-state index in [1.54, 1.807) is 24.1 Å². The topological polar surface area (TPSA) is 65.1 Å². The van der Waals surface area contributed by atoms with Crippen LogP contribution >= 0.6 is 0 Å². The van der Waals surface area contributed by atoms with Crippen molar-refractivity contribution in [1.82, 2.24) is 0 Å². The van der Waals surface area contributed by atoms with Crippen molar-refractivity contribution in [3.63, 3.8) is 0 Å². The summed E-state index contributed by atoms with van der Waals surface area (Å²) < 4.78 is 15.7. The molecule has 114 valence electrons. The lowest BCUT2D eigenvalue weighted by Gasteiger charge is -2.13. The van der Waals surface area contributed by atoms with Crippen LogP contribution in [0.2, 0.25) is 0 Å². The lowest BCUT2D eigenvalue weighted by atomic mass is 10.2. The molecule has 0 aliphatic carbocycles. The minimum atomic E-state index is -0.364. The molecule has 2 rings (SSSR count). The smallest absolute Gasteiger partial charge is 0.414 e. The Morgan fingerprint density at radius 2 is 2.14 bits per heavy atom. The molecule has 1 aliphatic heterocycles. The molecule has 6 heteroatoms. The zero-order chi connectivity index (χ0) is 15.1. The van der Waals surface area contributed by atoms with Crippen molar-refractivity contribution < 1.29 is 23.8 Å². The molecular formula is C15H19NO5. The number of anilines is 1. The summed E-state index contributed by atoms with van der Waals surface area (Å²) in [5.41, 5.74) is 0.763. The van der Waals surface area contributed by atoms with Crippen molar-refractivity contribution in [1.29, 1.82) is 0 Å². The number of hydrogen-bond acceptors (Lipinski definition) is 5. The second kappa shape index (κ2) is 7.64. The van der Waals surface area contributed by atoms with Gasteiger partial charge in [0.2, 0.25) is 0 Å². The molecule has 1 aromatic rings. The molecule has 0 spiro atoms. The normalized spacial score (nSPS) is 17.7. The number of carbonyl (C=O) groups is 2. The van der Waals surface area contributed by atoms with E-state index in [1.807, 2.05) is 12.1 Å². The van der Waals surface area contributed by atoms with Gasteiger partial charge in [0.25, 0.3) is 0 Å². The molecule has 1 aromatic carbocycles. The first-order valence-electron chi connectivity index (χ1n) is 6.88. The zero-order valence-corrected chi connectivity index (χ0v) is 12.0. The summed E-state index contributed by atoms with van der Waals surface area (Å²) in [4.78, 5) is 23.5. The van der Waals surface area contributed by atoms with Gasteiger partial charge < -0.3 is 19.0 Å². The van der Waals surface area contributed by atoms with Crippen LogP contribution in [0.5, 0.6) is 5.75 Å². The molecule has 1 amide bonds. The SMILES string of the molecule is COCC1CN(c2ccc(OCCCC=O)cc2)C(=O)O1. The monoisotopic (exact) mass is 293 g/mol. The summed E-state index contributed by atoms with van der Waals surface area (Å²) >= 11 is 0. The Labute approximate surface area is 123 Å². The molecule has 1 heterocycles. The van der Waals surface area contributed by atoms with Gasteiger partial charge in [-0.1, -0.05) is 0 Å². The number of carbonyl (C=O) groups excluding carboxylic acids is 2. The molecule has 6 nitrogen and oxygen atoms in total. The Morgan fingerprint density at radius 3 is 2.81 bits per heavy atom. The average Bonchev–Trinajstić information content (AvgIpc) is 2.85. The molecule has 0 N–H and O–H groups in total. The van der Waals surface area contributed by atoms with Gasteiger partial charge in [0, 0.05) is 19.2 Å². The third-order valence-electron chi connectivity index (χ3n) is 3.11. The van der Waals surface area contributed by atoms with Crippen molar-refractivity contribution in [2.75, 3.05) is 31.8 Å². The van der Waals surface area contributed by atoms with Crippen LogP contribution in [-0.2, 0) is 14.3 Å². The van der Waals surface area contributed by atoms with E-state index < -0.39 is 0 Å². The number of hydrogen-bond donors (Lipinski definition) is 0. The number of rotatable bonds is 8. The minimum Gasteiger partial charge on any atom is -0.494 e. The maximum Gasteiger partial charge on any atom is 0.414 e. The van der Waals surface area contributed by atoms with Gasteiger partial charge in [-0.25, -0.2) is 4.79 Å². The van der Waals surface area contributed by atoms with Gasteiger partial charge in [-0.3, -0.25) is 4.90 Å². The fourth-order valence-electron chi connectivity index (χ4n) is 2.08. The second-order valence-electron chi connectivity index (χ2n) is 4.72.